The molecule has 1 aromatic heterocycles. The third kappa shape index (κ3) is 4.28. The molecule has 1 amide bonds. The number of nitrogens with one attached hydrogen (secondary N) is 1. The number of amides is 1. The topological polar surface area (TPSA) is 62.2 Å². The van der Waals surface area contributed by atoms with Gasteiger partial charge in [-0.3, -0.25) is 4.79 Å². The van der Waals surface area contributed by atoms with Crippen molar-refractivity contribution in [2.24, 2.45) is 5.92 Å². The van der Waals surface area contributed by atoms with E-state index in [2.05, 4.69) is 10.3 Å². The van der Waals surface area contributed by atoms with Crippen LogP contribution in [0.5, 0.6) is 0 Å². The second-order valence-corrected chi connectivity index (χ2v) is 6.97. The van der Waals surface area contributed by atoms with Crippen LogP contribution in [0.25, 0.3) is 0 Å². The van der Waals surface area contributed by atoms with Crippen LogP contribution in [0.1, 0.15) is 48.7 Å². The van der Waals surface area contributed by atoms with Gasteiger partial charge in [0.1, 0.15) is 0 Å². The molecule has 2 rings (SSSR count). The van der Waals surface area contributed by atoms with Gasteiger partial charge in [-0.25, -0.2) is 4.98 Å². The Hall–Kier alpha value is -0.940. The summed E-state index contributed by atoms with van der Waals surface area (Å²) in [5.74, 6) is 0.0407. The molecule has 0 spiro atoms. The minimum absolute atomic E-state index is 0.0764. The van der Waals surface area contributed by atoms with Crippen LogP contribution in [0.15, 0.2) is 0 Å². The molecule has 0 saturated carbocycles. The predicted octanol–water partition coefficient (Wildman–Crippen LogP) is 2.09. The summed E-state index contributed by atoms with van der Waals surface area (Å²) in [4.78, 5) is 17.7. The lowest BCUT2D eigenvalue weighted by molar-refractivity contribution is -0.123. The second-order valence-electron chi connectivity index (χ2n) is 5.80. The number of hydrogen-bond donors (Lipinski definition) is 2. The van der Waals surface area contributed by atoms with Gasteiger partial charge in [0, 0.05) is 17.8 Å². The fourth-order valence-electron chi connectivity index (χ4n) is 2.32. The molecule has 0 aromatic carbocycles. The fraction of sp³-hybridized carbons (Fsp3) is 0.733. The van der Waals surface area contributed by atoms with Crippen LogP contribution < -0.4 is 5.32 Å². The molecule has 1 aliphatic rings. The van der Waals surface area contributed by atoms with E-state index >= 15 is 0 Å². The van der Waals surface area contributed by atoms with Crippen molar-refractivity contribution in [3.05, 3.63) is 15.6 Å². The summed E-state index contributed by atoms with van der Waals surface area (Å²) in [6, 6.07) is 0. The zero-order valence-electron chi connectivity index (χ0n) is 12.3. The number of fused-ring (bicyclic) bond motifs is 1. The number of aryl methyl sites for hydroxylation is 2. The van der Waals surface area contributed by atoms with E-state index in [1.54, 1.807) is 11.3 Å². The Kier molecular flexibility index (Phi) is 5.54. The summed E-state index contributed by atoms with van der Waals surface area (Å²) in [5.41, 5.74) is 1.28. The average molecular weight is 296 g/mol. The van der Waals surface area contributed by atoms with Gasteiger partial charge >= 0.3 is 0 Å². The molecule has 1 atom stereocenters. The maximum atomic E-state index is 11.7. The number of thiazole rings is 1. The number of aromatic nitrogens is 1. The molecule has 2 N–H and O–H groups in total. The highest BCUT2D eigenvalue weighted by Gasteiger charge is 2.16. The van der Waals surface area contributed by atoms with Gasteiger partial charge in [0.15, 0.2) is 0 Å². The van der Waals surface area contributed by atoms with Crippen molar-refractivity contribution in [3.8, 4) is 0 Å². The number of aliphatic hydroxyl groups is 1. The van der Waals surface area contributed by atoms with Crippen LogP contribution in [0.2, 0.25) is 0 Å². The lowest BCUT2D eigenvalue weighted by atomic mass is 10.0. The lowest BCUT2D eigenvalue weighted by Crippen LogP contribution is -2.30. The summed E-state index contributed by atoms with van der Waals surface area (Å²) in [6.45, 7) is 4.44. The van der Waals surface area contributed by atoms with Gasteiger partial charge in [-0.05, 0) is 31.6 Å². The number of nitrogens with zero attached hydrogens (tertiary/aromatic N) is 1. The molecular weight excluding hydrogens is 272 g/mol. The lowest BCUT2D eigenvalue weighted by Gasteiger charge is -2.13. The molecule has 0 aliphatic heterocycles. The third-order valence-electron chi connectivity index (χ3n) is 3.72. The number of carbonyl (C=O) groups is 1. The summed E-state index contributed by atoms with van der Waals surface area (Å²) < 4.78 is 0. The van der Waals surface area contributed by atoms with Crippen molar-refractivity contribution in [1.29, 1.82) is 0 Å². The third-order valence-corrected chi connectivity index (χ3v) is 4.93. The Balaban J connectivity index is 1.73. The van der Waals surface area contributed by atoms with E-state index < -0.39 is 6.10 Å². The molecule has 1 aromatic rings. The van der Waals surface area contributed by atoms with E-state index in [1.165, 1.54) is 29.8 Å². The molecule has 5 heteroatoms. The Bertz CT molecular complexity index is 433. The van der Waals surface area contributed by atoms with Crippen molar-refractivity contribution in [1.82, 2.24) is 10.3 Å². The van der Waals surface area contributed by atoms with Gasteiger partial charge in [0.05, 0.1) is 23.2 Å². The fourth-order valence-corrected chi connectivity index (χ4v) is 3.48. The van der Waals surface area contributed by atoms with Crippen LogP contribution in [0.4, 0.5) is 0 Å². The molecule has 4 nitrogen and oxygen atoms in total. The first-order valence-electron chi connectivity index (χ1n) is 7.48. The van der Waals surface area contributed by atoms with Gasteiger partial charge < -0.3 is 10.4 Å². The molecular formula is C15H24N2O2S. The van der Waals surface area contributed by atoms with Crippen molar-refractivity contribution < 1.29 is 9.90 Å². The molecule has 1 aliphatic carbocycles. The Morgan fingerprint density at radius 2 is 2.15 bits per heavy atom. The van der Waals surface area contributed by atoms with Crippen LogP contribution in [0.3, 0.4) is 0 Å². The van der Waals surface area contributed by atoms with Crippen LogP contribution >= 0.6 is 11.3 Å². The minimum Gasteiger partial charge on any atom is -0.392 e. The molecule has 112 valence electrons. The van der Waals surface area contributed by atoms with E-state index in [4.69, 9.17) is 0 Å². The molecule has 0 fully saturated rings. The summed E-state index contributed by atoms with van der Waals surface area (Å²) in [6.07, 6.45) is 5.23. The standard InChI is InChI=1S/C15H24N2O2S/c1-10(2)12(18)9-14(19)16-8-7-15-17-11-5-3-4-6-13(11)20-15/h10,12,18H,3-9H2,1-2H3,(H,16,19). The van der Waals surface area contributed by atoms with Crippen molar-refractivity contribution >= 4 is 17.2 Å². The molecule has 1 unspecified atom stereocenters. The molecule has 0 radical (unpaired) electrons. The van der Waals surface area contributed by atoms with Crippen molar-refractivity contribution in [3.63, 3.8) is 0 Å². The normalized spacial score (nSPS) is 16.0. The predicted molar refractivity (Wildman–Crippen MR) is 80.9 cm³/mol. The number of carbonyl (C=O) groups excluding carboxylic acids is 1. The largest absolute Gasteiger partial charge is 0.392 e. The Morgan fingerprint density at radius 1 is 1.40 bits per heavy atom. The number of aliphatic hydroxyl groups excluding tert-OH is 1. The zero-order chi connectivity index (χ0) is 14.5. The van der Waals surface area contributed by atoms with E-state index in [9.17, 15) is 9.90 Å². The first-order chi connectivity index (χ1) is 9.56. The SMILES string of the molecule is CC(C)C(O)CC(=O)NCCc1nc2c(s1)CCCC2. The van der Waals surface area contributed by atoms with Gasteiger partial charge in [-0.15, -0.1) is 11.3 Å². The molecule has 20 heavy (non-hydrogen) atoms. The number of hydrogen-bond acceptors (Lipinski definition) is 4. The van der Waals surface area contributed by atoms with Crippen molar-refractivity contribution in [2.45, 2.75) is 58.5 Å². The monoisotopic (exact) mass is 296 g/mol. The van der Waals surface area contributed by atoms with Gasteiger partial charge in [-0.2, -0.15) is 0 Å². The van der Waals surface area contributed by atoms with Gasteiger partial charge in [0.25, 0.3) is 0 Å². The average Bonchev–Trinajstić information content (AvgIpc) is 2.81. The summed E-state index contributed by atoms with van der Waals surface area (Å²) in [7, 11) is 0. The zero-order valence-corrected chi connectivity index (χ0v) is 13.1. The highest BCUT2D eigenvalue weighted by molar-refractivity contribution is 7.11. The van der Waals surface area contributed by atoms with E-state index in [1.807, 2.05) is 13.8 Å². The molecule has 0 bridgehead atoms. The quantitative estimate of drug-likeness (QED) is 0.845. The van der Waals surface area contributed by atoms with E-state index in [0.29, 0.717) is 6.54 Å². The first-order valence-corrected chi connectivity index (χ1v) is 8.30. The smallest absolute Gasteiger partial charge is 0.222 e. The molecule has 0 saturated heterocycles. The van der Waals surface area contributed by atoms with E-state index in [-0.39, 0.29) is 18.2 Å². The van der Waals surface area contributed by atoms with Gasteiger partial charge in [0.2, 0.25) is 5.91 Å². The maximum Gasteiger partial charge on any atom is 0.222 e. The highest BCUT2D eigenvalue weighted by atomic mass is 32.1. The number of rotatable bonds is 6. The maximum absolute atomic E-state index is 11.7. The highest BCUT2D eigenvalue weighted by Crippen LogP contribution is 2.26. The van der Waals surface area contributed by atoms with E-state index in [0.717, 1.165) is 17.8 Å². The first kappa shape index (κ1) is 15.4. The molecule has 1 heterocycles. The van der Waals surface area contributed by atoms with Crippen molar-refractivity contribution in [2.75, 3.05) is 6.54 Å². The van der Waals surface area contributed by atoms with Crippen LogP contribution in [-0.4, -0.2) is 28.6 Å². The van der Waals surface area contributed by atoms with Gasteiger partial charge in [-0.1, -0.05) is 13.8 Å². The minimum atomic E-state index is -0.554. The Labute approximate surface area is 124 Å². The second kappa shape index (κ2) is 7.18. The summed E-state index contributed by atoms with van der Waals surface area (Å²) >= 11 is 1.79. The Morgan fingerprint density at radius 3 is 2.85 bits per heavy atom. The summed E-state index contributed by atoms with van der Waals surface area (Å²) in [5, 5.41) is 13.6. The van der Waals surface area contributed by atoms with Crippen LogP contribution in [0, 0.1) is 5.92 Å². The van der Waals surface area contributed by atoms with Crippen LogP contribution in [-0.2, 0) is 24.1 Å².